The first kappa shape index (κ1) is 14.3. The van der Waals surface area contributed by atoms with E-state index in [0.717, 1.165) is 22.5 Å². The molecule has 21 heavy (non-hydrogen) atoms. The third-order valence-electron chi connectivity index (χ3n) is 3.79. The number of imidazole rings is 1. The van der Waals surface area contributed by atoms with Gasteiger partial charge in [-0.3, -0.25) is 4.68 Å². The Balaban J connectivity index is 2.19. The summed E-state index contributed by atoms with van der Waals surface area (Å²) in [7, 11) is 1.91. The van der Waals surface area contributed by atoms with Gasteiger partial charge in [-0.05, 0) is 32.1 Å². The lowest BCUT2D eigenvalue weighted by molar-refractivity contribution is 0.629. The molecule has 0 aliphatic carbocycles. The first-order chi connectivity index (χ1) is 9.88. The molecule has 7 heteroatoms. The van der Waals surface area contributed by atoms with Gasteiger partial charge in [0.25, 0.3) is 0 Å². The van der Waals surface area contributed by atoms with E-state index in [2.05, 4.69) is 10.1 Å². The second-order valence-electron chi connectivity index (χ2n) is 5.07. The molecule has 110 valence electrons. The monoisotopic (exact) mass is 324 g/mol. The van der Waals surface area contributed by atoms with Crippen molar-refractivity contribution in [3.63, 3.8) is 0 Å². The van der Waals surface area contributed by atoms with Crippen LogP contribution in [0.4, 0.5) is 4.39 Å². The highest BCUT2D eigenvalue weighted by molar-refractivity contribution is 7.71. The summed E-state index contributed by atoms with van der Waals surface area (Å²) in [4.78, 5) is 3.01. The van der Waals surface area contributed by atoms with E-state index >= 15 is 0 Å². The molecule has 3 aromatic rings. The van der Waals surface area contributed by atoms with Crippen molar-refractivity contribution in [3.8, 4) is 0 Å². The Labute approximate surface area is 131 Å². The number of hydrogen-bond acceptors (Lipinski definition) is 2. The molecule has 0 amide bonds. The predicted octanol–water partition coefficient (Wildman–Crippen LogP) is 3.89. The Morgan fingerprint density at radius 1 is 1.38 bits per heavy atom. The van der Waals surface area contributed by atoms with Crippen molar-refractivity contribution >= 4 is 34.9 Å². The summed E-state index contributed by atoms with van der Waals surface area (Å²) < 4.78 is 17.8. The average Bonchev–Trinajstić information content (AvgIpc) is 2.83. The number of H-pyrrole nitrogens is 1. The van der Waals surface area contributed by atoms with Gasteiger partial charge >= 0.3 is 0 Å². The van der Waals surface area contributed by atoms with Crippen LogP contribution in [-0.4, -0.2) is 19.3 Å². The molecule has 0 aliphatic heterocycles. The van der Waals surface area contributed by atoms with Crippen LogP contribution in [0, 0.1) is 24.4 Å². The number of hydrogen-bond donors (Lipinski definition) is 1. The van der Waals surface area contributed by atoms with Crippen LogP contribution in [0.15, 0.2) is 12.1 Å². The molecular weight excluding hydrogens is 311 g/mol. The SMILES string of the molecule is Cc1nn(C)c(C)c1Cn1c(=S)[nH]c2cc(F)c(Cl)cc21. The fourth-order valence-electron chi connectivity index (χ4n) is 2.51. The number of nitrogens with zero attached hydrogens (tertiary/aromatic N) is 3. The van der Waals surface area contributed by atoms with Crippen molar-refractivity contribution < 1.29 is 4.39 Å². The summed E-state index contributed by atoms with van der Waals surface area (Å²) >= 11 is 11.2. The van der Waals surface area contributed by atoms with Crippen molar-refractivity contribution in [2.24, 2.45) is 7.05 Å². The number of halogens is 2. The third-order valence-corrected chi connectivity index (χ3v) is 4.40. The van der Waals surface area contributed by atoms with E-state index in [1.165, 1.54) is 6.07 Å². The van der Waals surface area contributed by atoms with E-state index in [4.69, 9.17) is 23.8 Å². The number of aromatic nitrogens is 4. The molecule has 0 bridgehead atoms. The number of aryl methyl sites for hydroxylation is 2. The van der Waals surface area contributed by atoms with Gasteiger partial charge in [0.1, 0.15) is 5.82 Å². The highest BCUT2D eigenvalue weighted by Crippen LogP contribution is 2.24. The lowest BCUT2D eigenvalue weighted by Crippen LogP contribution is -2.02. The Hall–Kier alpha value is -1.66. The Morgan fingerprint density at radius 2 is 2.10 bits per heavy atom. The van der Waals surface area contributed by atoms with E-state index in [1.54, 1.807) is 6.07 Å². The molecule has 0 saturated heterocycles. The fourth-order valence-corrected chi connectivity index (χ4v) is 2.94. The van der Waals surface area contributed by atoms with E-state index < -0.39 is 5.82 Å². The van der Waals surface area contributed by atoms with E-state index in [-0.39, 0.29) is 5.02 Å². The Morgan fingerprint density at radius 3 is 2.71 bits per heavy atom. The lowest BCUT2D eigenvalue weighted by Gasteiger charge is -2.06. The molecular formula is C14H14ClFN4S. The maximum Gasteiger partial charge on any atom is 0.178 e. The lowest BCUT2D eigenvalue weighted by atomic mass is 10.2. The maximum absolute atomic E-state index is 13.5. The minimum atomic E-state index is -0.457. The van der Waals surface area contributed by atoms with Crippen molar-refractivity contribution in [2.45, 2.75) is 20.4 Å². The summed E-state index contributed by atoms with van der Waals surface area (Å²) in [6, 6.07) is 2.96. The quantitative estimate of drug-likeness (QED) is 0.726. The first-order valence-electron chi connectivity index (χ1n) is 6.45. The summed E-state index contributed by atoms with van der Waals surface area (Å²) in [6.45, 7) is 4.56. The first-order valence-corrected chi connectivity index (χ1v) is 7.23. The van der Waals surface area contributed by atoms with Crippen LogP contribution in [0.1, 0.15) is 17.0 Å². The number of fused-ring (bicyclic) bond motifs is 1. The number of rotatable bonds is 2. The summed E-state index contributed by atoms with van der Waals surface area (Å²) in [6.07, 6.45) is 0. The van der Waals surface area contributed by atoms with Crippen LogP contribution < -0.4 is 0 Å². The van der Waals surface area contributed by atoms with Gasteiger partial charge in [0.15, 0.2) is 4.77 Å². The highest BCUT2D eigenvalue weighted by Gasteiger charge is 2.14. The number of aromatic amines is 1. The van der Waals surface area contributed by atoms with Gasteiger partial charge in [0.2, 0.25) is 0 Å². The van der Waals surface area contributed by atoms with Gasteiger partial charge in [0.05, 0.1) is 28.3 Å². The van der Waals surface area contributed by atoms with Crippen LogP contribution in [0.3, 0.4) is 0 Å². The number of benzene rings is 1. The molecule has 0 radical (unpaired) electrons. The molecule has 3 rings (SSSR count). The molecule has 1 aromatic carbocycles. The van der Waals surface area contributed by atoms with Crippen LogP contribution in [-0.2, 0) is 13.6 Å². The normalized spacial score (nSPS) is 11.5. The smallest absolute Gasteiger partial charge is 0.178 e. The molecule has 2 heterocycles. The van der Waals surface area contributed by atoms with Crippen LogP contribution >= 0.6 is 23.8 Å². The van der Waals surface area contributed by atoms with Crippen LogP contribution in [0.2, 0.25) is 5.02 Å². The fraction of sp³-hybridized carbons (Fsp3) is 0.286. The molecule has 0 fully saturated rings. The van der Waals surface area contributed by atoms with Crippen molar-refractivity contribution in [1.29, 1.82) is 0 Å². The molecule has 0 aliphatic rings. The molecule has 1 N–H and O–H groups in total. The predicted molar refractivity (Wildman–Crippen MR) is 83.9 cm³/mol. The molecule has 0 spiro atoms. The van der Waals surface area contributed by atoms with Gasteiger partial charge < -0.3 is 9.55 Å². The topological polar surface area (TPSA) is 38.5 Å². The second-order valence-corrected chi connectivity index (χ2v) is 5.87. The van der Waals surface area contributed by atoms with E-state index in [1.807, 2.05) is 30.1 Å². The largest absolute Gasteiger partial charge is 0.330 e. The van der Waals surface area contributed by atoms with Crippen molar-refractivity contribution in [1.82, 2.24) is 19.3 Å². The average molecular weight is 325 g/mol. The Bertz CT molecular complexity index is 906. The third kappa shape index (κ3) is 2.28. The van der Waals surface area contributed by atoms with Gasteiger partial charge in [-0.15, -0.1) is 0 Å². The summed E-state index contributed by atoms with van der Waals surface area (Å²) in [5.74, 6) is -0.457. The van der Waals surface area contributed by atoms with Crippen molar-refractivity contribution in [2.75, 3.05) is 0 Å². The summed E-state index contributed by atoms with van der Waals surface area (Å²) in [5, 5.41) is 4.49. The maximum atomic E-state index is 13.5. The molecule has 0 atom stereocenters. The molecule has 2 aromatic heterocycles. The zero-order valence-corrected chi connectivity index (χ0v) is 13.4. The van der Waals surface area contributed by atoms with Gasteiger partial charge in [-0.25, -0.2) is 4.39 Å². The van der Waals surface area contributed by atoms with E-state index in [9.17, 15) is 4.39 Å². The van der Waals surface area contributed by atoms with Gasteiger partial charge in [-0.1, -0.05) is 11.6 Å². The standard InChI is InChI=1S/C14H14ClFN4S/c1-7-9(8(2)19(3)18-7)6-20-13-4-10(15)11(16)5-12(13)17-14(20)21/h4-5H,6H2,1-3H3,(H,17,21). The van der Waals surface area contributed by atoms with Gasteiger partial charge in [-0.2, -0.15) is 5.10 Å². The minimum Gasteiger partial charge on any atom is -0.330 e. The molecule has 4 nitrogen and oxygen atoms in total. The van der Waals surface area contributed by atoms with Gasteiger partial charge in [0, 0.05) is 24.4 Å². The summed E-state index contributed by atoms with van der Waals surface area (Å²) in [5.41, 5.74) is 4.57. The zero-order valence-electron chi connectivity index (χ0n) is 11.9. The van der Waals surface area contributed by atoms with Crippen LogP contribution in [0.5, 0.6) is 0 Å². The van der Waals surface area contributed by atoms with Crippen molar-refractivity contribution in [3.05, 3.63) is 44.7 Å². The molecule has 0 unspecified atom stereocenters. The second kappa shape index (κ2) is 4.96. The Kier molecular flexibility index (Phi) is 3.37. The zero-order chi connectivity index (χ0) is 15.3. The molecule has 0 saturated carbocycles. The highest BCUT2D eigenvalue weighted by atomic mass is 35.5. The van der Waals surface area contributed by atoms with Crippen LogP contribution in [0.25, 0.3) is 11.0 Å². The number of nitrogens with one attached hydrogen (secondary N) is 1. The van der Waals surface area contributed by atoms with E-state index in [0.29, 0.717) is 16.8 Å². The minimum absolute atomic E-state index is 0.0879.